The van der Waals surface area contributed by atoms with Gasteiger partial charge >= 0.3 is 5.97 Å². The molecule has 0 spiro atoms. The van der Waals surface area contributed by atoms with Crippen LogP contribution in [-0.4, -0.2) is 33.3 Å². The molecule has 112 valence electrons. The van der Waals surface area contributed by atoms with Gasteiger partial charge in [-0.15, -0.1) is 11.3 Å². The molecule has 1 aliphatic rings. The summed E-state index contributed by atoms with van der Waals surface area (Å²) in [5.41, 5.74) is 0.241. The second-order valence-electron chi connectivity index (χ2n) is 5.05. The van der Waals surface area contributed by atoms with Crippen LogP contribution >= 0.6 is 23.6 Å². The number of aromatic amines is 1. The van der Waals surface area contributed by atoms with Crippen molar-refractivity contribution >= 4 is 39.7 Å². The number of aromatic carboxylic acids is 1. The molecule has 21 heavy (non-hydrogen) atoms. The van der Waals surface area contributed by atoms with Crippen molar-refractivity contribution in [1.82, 2.24) is 9.55 Å². The van der Waals surface area contributed by atoms with Crippen LogP contribution in [0.25, 0.3) is 10.2 Å². The van der Waals surface area contributed by atoms with Gasteiger partial charge in [0.2, 0.25) is 0 Å². The Balaban J connectivity index is 2.17. The maximum atomic E-state index is 12.6. The number of thiophene rings is 1. The molecule has 1 fully saturated rings. The number of nitrogens with one attached hydrogen (secondary N) is 1. The summed E-state index contributed by atoms with van der Waals surface area (Å²) in [6.45, 7) is 2.76. The van der Waals surface area contributed by atoms with E-state index in [0.29, 0.717) is 33.7 Å². The molecule has 0 bridgehead atoms. The number of hydrogen-bond acceptors (Lipinski definition) is 5. The van der Waals surface area contributed by atoms with Crippen LogP contribution in [0.2, 0.25) is 0 Å². The molecule has 2 N–H and O–H groups in total. The van der Waals surface area contributed by atoms with Crippen LogP contribution in [-0.2, 0) is 11.3 Å². The van der Waals surface area contributed by atoms with Gasteiger partial charge in [-0.1, -0.05) is 0 Å². The number of aryl methyl sites for hydroxylation is 1. The maximum Gasteiger partial charge on any atom is 0.346 e. The third-order valence-corrected chi connectivity index (χ3v) is 5.19. The van der Waals surface area contributed by atoms with E-state index in [-0.39, 0.29) is 16.5 Å². The number of hydrogen-bond donors (Lipinski definition) is 2. The average Bonchev–Trinajstić information content (AvgIpc) is 3.02. The molecule has 0 radical (unpaired) electrons. The van der Waals surface area contributed by atoms with E-state index in [2.05, 4.69) is 4.98 Å². The molecule has 1 aliphatic heterocycles. The SMILES string of the molecule is Cc1c(C(=O)O)sc2[nH]c(=S)n(C[C@H]3CCCO3)c(=O)c12. The molecule has 2 aromatic heterocycles. The third kappa shape index (κ3) is 2.43. The highest BCUT2D eigenvalue weighted by molar-refractivity contribution is 7.71. The molecular weight excluding hydrogens is 312 g/mol. The average molecular weight is 326 g/mol. The van der Waals surface area contributed by atoms with Crippen molar-refractivity contribution in [3.05, 3.63) is 25.6 Å². The summed E-state index contributed by atoms with van der Waals surface area (Å²) in [5, 5.41) is 9.57. The molecular formula is C13H14N2O4S2. The Morgan fingerprint density at radius 1 is 1.62 bits per heavy atom. The number of nitrogens with zero attached hydrogens (tertiary/aromatic N) is 1. The predicted molar refractivity (Wildman–Crippen MR) is 81.9 cm³/mol. The van der Waals surface area contributed by atoms with Gasteiger partial charge in [0.1, 0.15) is 9.71 Å². The molecule has 3 rings (SSSR count). The first-order valence-electron chi connectivity index (χ1n) is 6.60. The fraction of sp³-hybridized carbons (Fsp3) is 0.462. The Bertz CT molecular complexity index is 827. The van der Waals surface area contributed by atoms with Crippen LogP contribution in [0.1, 0.15) is 28.1 Å². The molecule has 1 atom stereocenters. The molecule has 1 saturated heterocycles. The lowest BCUT2D eigenvalue weighted by atomic mass is 10.2. The van der Waals surface area contributed by atoms with Gasteiger partial charge in [-0.05, 0) is 37.5 Å². The number of aromatic nitrogens is 2. The van der Waals surface area contributed by atoms with Crippen LogP contribution < -0.4 is 5.56 Å². The van der Waals surface area contributed by atoms with Crippen molar-refractivity contribution < 1.29 is 14.6 Å². The van der Waals surface area contributed by atoms with Crippen molar-refractivity contribution in [2.45, 2.75) is 32.4 Å². The van der Waals surface area contributed by atoms with E-state index < -0.39 is 5.97 Å². The molecule has 8 heteroatoms. The summed E-state index contributed by atoms with van der Waals surface area (Å²) in [6, 6.07) is 0. The third-order valence-electron chi connectivity index (χ3n) is 3.68. The summed E-state index contributed by atoms with van der Waals surface area (Å²) in [6.07, 6.45) is 1.88. The van der Waals surface area contributed by atoms with Crippen LogP contribution in [0.5, 0.6) is 0 Å². The maximum absolute atomic E-state index is 12.6. The number of carboxylic acid groups (broad SMARTS) is 1. The van der Waals surface area contributed by atoms with Crippen molar-refractivity contribution in [2.24, 2.45) is 0 Å². The summed E-state index contributed by atoms with van der Waals surface area (Å²) in [5.74, 6) is -1.03. The zero-order chi connectivity index (χ0) is 15.1. The predicted octanol–water partition coefficient (Wildman–Crippen LogP) is 2.31. The molecule has 0 aromatic carbocycles. The highest BCUT2D eigenvalue weighted by Gasteiger charge is 2.21. The highest BCUT2D eigenvalue weighted by atomic mass is 32.1. The van der Waals surface area contributed by atoms with Gasteiger partial charge < -0.3 is 14.8 Å². The first-order valence-corrected chi connectivity index (χ1v) is 7.82. The zero-order valence-corrected chi connectivity index (χ0v) is 13.0. The van der Waals surface area contributed by atoms with Crippen molar-refractivity contribution in [3.8, 4) is 0 Å². The minimum absolute atomic E-state index is 0.00636. The normalized spacial score (nSPS) is 18.4. The van der Waals surface area contributed by atoms with E-state index in [1.54, 1.807) is 6.92 Å². The molecule has 0 saturated carbocycles. The largest absolute Gasteiger partial charge is 0.477 e. The fourth-order valence-corrected chi connectivity index (χ4v) is 3.97. The minimum Gasteiger partial charge on any atom is -0.477 e. The Morgan fingerprint density at radius 3 is 3.00 bits per heavy atom. The molecule has 0 aliphatic carbocycles. The van der Waals surface area contributed by atoms with Gasteiger partial charge in [0.25, 0.3) is 5.56 Å². The lowest BCUT2D eigenvalue weighted by Crippen LogP contribution is -2.27. The van der Waals surface area contributed by atoms with Crippen LogP contribution in [0.3, 0.4) is 0 Å². The number of carbonyl (C=O) groups is 1. The van der Waals surface area contributed by atoms with E-state index >= 15 is 0 Å². The van der Waals surface area contributed by atoms with E-state index in [0.717, 1.165) is 24.2 Å². The highest BCUT2D eigenvalue weighted by Crippen LogP contribution is 2.27. The van der Waals surface area contributed by atoms with Crippen molar-refractivity contribution in [1.29, 1.82) is 0 Å². The number of carboxylic acids is 1. The van der Waals surface area contributed by atoms with Gasteiger partial charge in [-0.3, -0.25) is 9.36 Å². The number of ether oxygens (including phenoxy) is 1. The van der Waals surface area contributed by atoms with Crippen molar-refractivity contribution in [3.63, 3.8) is 0 Å². The van der Waals surface area contributed by atoms with E-state index in [1.807, 2.05) is 0 Å². The first-order chi connectivity index (χ1) is 9.99. The molecule has 3 heterocycles. The van der Waals surface area contributed by atoms with Gasteiger partial charge in [-0.25, -0.2) is 4.79 Å². The van der Waals surface area contributed by atoms with Gasteiger partial charge in [-0.2, -0.15) is 0 Å². The Hall–Kier alpha value is -1.51. The topological polar surface area (TPSA) is 84.3 Å². The van der Waals surface area contributed by atoms with Gasteiger partial charge in [0, 0.05) is 6.61 Å². The standard InChI is InChI=1S/C13H14N2O4S2/c1-6-8-10(21-9(6)12(17)18)14-13(20)15(11(8)16)5-7-3-2-4-19-7/h7H,2-5H2,1H3,(H,14,20)(H,17,18)/t7-/m1/s1. The van der Waals surface area contributed by atoms with Crippen LogP contribution in [0, 0.1) is 11.7 Å². The van der Waals surface area contributed by atoms with Gasteiger partial charge in [0.05, 0.1) is 18.0 Å². The smallest absolute Gasteiger partial charge is 0.346 e. The molecule has 0 unspecified atom stereocenters. The number of rotatable bonds is 3. The minimum atomic E-state index is -1.03. The lowest BCUT2D eigenvalue weighted by molar-refractivity contribution is 0.0701. The van der Waals surface area contributed by atoms with Crippen LogP contribution in [0.4, 0.5) is 0 Å². The van der Waals surface area contributed by atoms with E-state index in [9.17, 15) is 9.59 Å². The Kier molecular flexibility index (Phi) is 3.68. The van der Waals surface area contributed by atoms with E-state index in [4.69, 9.17) is 22.1 Å². The summed E-state index contributed by atoms with van der Waals surface area (Å²) < 4.78 is 7.32. The number of fused-ring (bicyclic) bond motifs is 1. The van der Waals surface area contributed by atoms with E-state index in [1.165, 1.54) is 4.57 Å². The van der Waals surface area contributed by atoms with Gasteiger partial charge in [0.15, 0.2) is 4.77 Å². The first kappa shape index (κ1) is 14.4. The number of H-pyrrole nitrogens is 1. The lowest BCUT2D eigenvalue weighted by Gasteiger charge is -2.12. The monoisotopic (exact) mass is 326 g/mol. The molecule has 0 amide bonds. The fourth-order valence-electron chi connectivity index (χ4n) is 2.61. The zero-order valence-electron chi connectivity index (χ0n) is 11.3. The summed E-state index contributed by atoms with van der Waals surface area (Å²) in [7, 11) is 0. The van der Waals surface area contributed by atoms with Crippen LogP contribution in [0.15, 0.2) is 4.79 Å². The molecule has 6 nitrogen and oxygen atoms in total. The Labute approximate surface area is 129 Å². The second-order valence-corrected chi connectivity index (χ2v) is 6.45. The molecule has 2 aromatic rings. The quantitative estimate of drug-likeness (QED) is 0.846. The van der Waals surface area contributed by atoms with Crippen molar-refractivity contribution in [2.75, 3.05) is 6.61 Å². The summed E-state index contributed by atoms with van der Waals surface area (Å²) in [4.78, 5) is 27.5. The summed E-state index contributed by atoms with van der Waals surface area (Å²) >= 11 is 6.28. The second kappa shape index (κ2) is 5.36. The Morgan fingerprint density at radius 2 is 2.38 bits per heavy atom.